The number of benzene rings is 1. The molecular weight excluding hydrogens is 349 g/mol. The Bertz CT molecular complexity index is 487. The maximum atomic E-state index is 12.8. The molecule has 0 aliphatic heterocycles. The van der Waals surface area contributed by atoms with Crippen molar-refractivity contribution in [1.29, 1.82) is 0 Å². The number of hydrogen-bond donors (Lipinski definition) is 1. The van der Waals surface area contributed by atoms with Crippen molar-refractivity contribution in [2.75, 3.05) is 0 Å². The third kappa shape index (κ3) is 3.41. The van der Waals surface area contributed by atoms with Crippen LogP contribution in [0, 0.1) is 0 Å². The van der Waals surface area contributed by atoms with Gasteiger partial charge in [0.1, 0.15) is 11.3 Å². The second kappa shape index (κ2) is 5.48. The lowest BCUT2D eigenvalue weighted by Gasteiger charge is -2.21. The number of rotatable bonds is 5. The van der Waals surface area contributed by atoms with Gasteiger partial charge in [-0.1, -0.05) is 15.9 Å². The lowest BCUT2D eigenvalue weighted by atomic mass is 10.1. The molecule has 0 unspecified atom stereocenters. The number of halogens is 6. The van der Waals surface area contributed by atoms with Crippen molar-refractivity contribution in [1.82, 2.24) is 5.32 Å². The SMILES string of the molecule is FC(F)Oc1ccc(Br)cc1CNC1(C(F)(F)F)CC1. The zero-order valence-corrected chi connectivity index (χ0v) is 11.7. The Hall–Kier alpha value is -0.890. The Morgan fingerprint density at radius 3 is 2.45 bits per heavy atom. The molecule has 2 nitrogen and oxygen atoms in total. The zero-order chi connectivity index (χ0) is 15.0. The first-order valence-corrected chi connectivity index (χ1v) is 6.58. The summed E-state index contributed by atoms with van der Waals surface area (Å²) in [6, 6.07) is 4.23. The maximum absolute atomic E-state index is 12.8. The molecule has 112 valence electrons. The van der Waals surface area contributed by atoms with Crippen LogP contribution in [0.5, 0.6) is 5.75 Å². The third-order valence-electron chi connectivity index (χ3n) is 3.15. The first-order valence-electron chi connectivity index (χ1n) is 5.78. The molecule has 1 aliphatic carbocycles. The fourth-order valence-electron chi connectivity index (χ4n) is 1.85. The summed E-state index contributed by atoms with van der Waals surface area (Å²) < 4.78 is 67.7. The van der Waals surface area contributed by atoms with Crippen LogP contribution in [0.25, 0.3) is 0 Å². The van der Waals surface area contributed by atoms with Crippen molar-refractivity contribution >= 4 is 15.9 Å². The van der Waals surface area contributed by atoms with Crippen molar-refractivity contribution in [3.8, 4) is 5.75 Å². The zero-order valence-electron chi connectivity index (χ0n) is 10.1. The number of ether oxygens (including phenoxy) is 1. The number of hydrogen-bond acceptors (Lipinski definition) is 2. The molecule has 0 saturated heterocycles. The second-order valence-corrected chi connectivity index (χ2v) is 5.48. The summed E-state index contributed by atoms with van der Waals surface area (Å²) >= 11 is 3.15. The second-order valence-electron chi connectivity index (χ2n) is 4.56. The summed E-state index contributed by atoms with van der Waals surface area (Å²) in [5.41, 5.74) is -1.65. The van der Waals surface area contributed by atoms with Crippen molar-refractivity contribution in [3.63, 3.8) is 0 Å². The topological polar surface area (TPSA) is 21.3 Å². The molecule has 0 atom stereocenters. The van der Waals surface area contributed by atoms with Gasteiger partial charge in [-0.2, -0.15) is 22.0 Å². The fourth-order valence-corrected chi connectivity index (χ4v) is 2.26. The highest BCUT2D eigenvalue weighted by Gasteiger charge is 2.62. The first-order chi connectivity index (χ1) is 9.23. The maximum Gasteiger partial charge on any atom is 0.406 e. The normalized spacial score (nSPS) is 17.4. The highest BCUT2D eigenvalue weighted by Crippen LogP contribution is 2.49. The Morgan fingerprint density at radius 1 is 1.30 bits per heavy atom. The monoisotopic (exact) mass is 359 g/mol. The Balaban J connectivity index is 2.11. The van der Waals surface area contributed by atoms with Gasteiger partial charge in [0.15, 0.2) is 0 Å². The van der Waals surface area contributed by atoms with Crippen LogP contribution in [-0.4, -0.2) is 18.3 Å². The van der Waals surface area contributed by atoms with E-state index in [4.69, 9.17) is 0 Å². The smallest absolute Gasteiger partial charge is 0.406 e. The minimum absolute atomic E-state index is 0.00442. The van der Waals surface area contributed by atoms with Gasteiger partial charge < -0.3 is 4.74 Å². The molecule has 1 fully saturated rings. The van der Waals surface area contributed by atoms with Crippen molar-refractivity contribution in [2.45, 2.75) is 37.7 Å². The van der Waals surface area contributed by atoms with Crippen LogP contribution >= 0.6 is 15.9 Å². The van der Waals surface area contributed by atoms with E-state index in [0.717, 1.165) is 0 Å². The summed E-state index contributed by atoms with van der Waals surface area (Å²) in [4.78, 5) is 0. The molecule has 0 radical (unpaired) electrons. The van der Waals surface area contributed by atoms with E-state index in [1.54, 1.807) is 0 Å². The summed E-state index contributed by atoms with van der Waals surface area (Å²) in [5.74, 6) is -0.131. The van der Waals surface area contributed by atoms with Gasteiger partial charge in [0, 0.05) is 16.6 Å². The van der Waals surface area contributed by atoms with E-state index >= 15 is 0 Å². The minimum Gasteiger partial charge on any atom is -0.434 e. The molecule has 1 N–H and O–H groups in total. The average Bonchev–Trinajstić information content (AvgIpc) is 3.09. The van der Waals surface area contributed by atoms with Gasteiger partial charge in [-0.3, -0.25) is 5.32 Å². The van der Waals surface area contributed by atoms with Gasteiger partial charge in [0.25, 0.3) is 0 Å². The molecule has 0 bridgehead atoms. The van der Waals surface area contributed by atoms with E-state index in [2.05, 4.69) is 26.0 Å². The van der Waals surface area contributed by atoms with E-state index in [1.165, 1.54) is 18.2 Å². The lowest BCUT2D eigenvalue weighted by Crippen LogP contribution is -2.44. The summed E-state index contributed by atoms with van der Waals surface area (Å²) in [6.45, 7) is -3.21. The van der Waals surface area contributed by atoms with E-state index in [9.17, 15) is 22.0 Å². The Morgan fingerprint density at radius 2 is 1.95 bits per heavy atom. The standard InChI is InChI=1S/C12H11BrF5NO/c13-8-1-2-9(20-10(14)15)7(5-8)6-19-11(3-4-11)12(16,17)18/h1-2,5,10,19H,3-4,6H2. The molecule has 20 heavy (non-hydrogen) atoms. The van der Waals surface area contributed by atoms with Crippen LogP contribution in [-0.2, 0) is 6.54 Å². The molecule has 1 aromatic carbocycles. The van der Waals surface area contributed by atoms with Gasteiger partial charge in [-0.05, 0) is 31.0 Å². The quantitative estimate of drug-likeness (QED) is 0.794. The minimum atomic E-state index is -4.34. The molecule has 0 spiro atoms. The highest BCUT2D eigenvalue weighted by atomic mass is 79.9. The summed E-state index contributed by atoms with van der Waals surface area (Å²) in [7, 11) is 0. The van der Waals surface area contributed by atoms with Crippen molar-refractivity contribution < 1.29 is 26.7 Å². The molecule has 0 amide bonds. The predicted molar refractivity (Wildman–Crippen MR) is 65.6 cm³/mol. The summed E-state index contributed by atoms with van der Waals surface area (Å²) in [6.07, 6.45) is -4.35. The van der Waals surface area contributed by atoms with Crippen LogP contribution in [0.1, 0.15) is 18.4 Å². The predicted octanol–water partition coefficient (Wildman–Crippen LogP) is 4.24. The van der Waals surface area contributed by atoms with Crippen LogP contribution in [0.3, 0.4) is 0 Å². The van der Waals surface area contributed by atoms with Gasteiger partial charge in [-0.15, -0.1) is 0 Å². The molecule has 1 aliphatic rings. The van der Waals surface area contributed by atoms with Crippen LogP contribution < -0.4 is 10.1 Å². The summed E-state index contributed by atoms with van der Waals surface area (Å²) in [5, 5.41) is 2.40. The van der Waals surface area contributed by atoms with Gasteiger partial charge in [-0.25, -0.2) is 0 Å². The first kappa shape index (κ1) is 15.5. The molecule has 1 aromatic rings. The molecule has 8 heteroatoms. The molecule has 1 saturated carbocycles. The molecule has 0 aromatic heterocycles. The lowest BCUT2D eigenvalue weighted by molar-refractivity contribution is -0.166. The van der Waals surface area contributed by atoms with E-state index < -0.39 is 18.3 Å². The van der Waals surface area contributed by atoms with Crippen molar-refractivity contribution in [3.05, 3.63) is 28.2 Å². The average molecular weight is 360 g/mol. The third-order valence-corrected chi connectivity index (χ3v) is 3.64. The van der Waals surface area contributed by atoms with E-state index in [1.807, 2.05) is 0 Å². The van der Waals surface area contributed by atoms with Crippen molar-refractivity contribution in [2.24, 2.45) is 0 Å². The largest absolute Gasteiger partial charge is 0.434 e. The van der Waals surface area contributed by atoms with E-state index in [0.29, 0.717) is 4.47 Å². The van der Waals surface area contributed by atoms with Crippen LogP contribution in [0.4, 0.5) is 22.0 Å². The molecule has 0 heterocycles. The van der Waals surface area contributed by atoms with Gasteiger partial charge >= 0.3 is 12.8 Å². The number of nitrogens with one attached hydrogen (secondary N) is 1. The molecular formula is C12H11BrF5NO. The van der Waals surface area contributed by atoms with Gasteiger partial charge in [0.05, 0.1) is 0 Å². The van der Waals surface area contributed by atoms with E-state index in [-0.39, 0.29) is 30.7 Å². The number of alkyl halides is 5. The Labute approximate surface area is 120 Å². The van der Waals surface area contributed by atoms with Gasteiger partial charge in [0.2, 0.25) is 0 Å². The fraction of sp³-hybridized carbons (Fsp3) is 0.500. The Kier molecular flexibility index (Phi) is 4.24. The highest BCUT2D eigenvalue weighted by molar-refractivity contribution is 9.10. The molecule has 2 rings (SSSR count). The van der Waals surface area contributed by atoms with Crippen LogP contribution in [0.2, 0.25) is 0 Å². The van der Waals surface area contributed by atoms with Crippen LogP contribution in [0.15, 0.2) is 22.7 Å².